The molecule has 0 aliphatic rings. The summed E-state index contributed by atoms with van der Waals surface area (Å²) in [7, 11) is 1.63. The van der Waals surface area contributed by atoms with Crippen LogP contribution >= 0.6 is 0 Å². The highest BCUT2D eigenvalue weighted by atomic mass is 16.5. The van der Waals surface area contributed by atoms with Crippen LogP contribution in [0.2, 0.25) is 0 Å². The smallest absolute Gasteiger partial charge is 0.118 e. The highest BCUT2D eigenvalue weighted by Crippen LogP contribution is 2.34. The Morgan fingerprint density at radius 2 is 1.81 bits per heavy atom. The molecule has 0 radical (unpaired) electrons. The number of hydrogen-bond acceptors (Lipinski definition) is 3. The van der Waals surface area contributed by atoms with Gasteiger partial charge >= 0.3 is 0 Å². The predicted molar refractivity (Wildman–Crippen MR) is 83.4 cm³/mol. The number of rotatable bonds is 3. The van der Waals surface area contributed by atoms with Crippen LogP contribution in [0.25, 0.3) is 10.8 Å². The summed E-state index contributed by atoms with van der Waals surface area (Å²) in [4.78, 5) is 4.13. The summed E-state index contributed by atoms with van der Waals surface area (Å²) in [6.07, 6.45) is 3.55. The summed E-state index contributed by atoms with van der Waals surface area (Å²) >= 11 is 0. The van der Waals surface area contributed by atoms with Gasteiger partial charge in [0.25, 0.3) is 0 Å². The summed E-state index contributed by atoms with van der Waals surface area (Å²) in [5, 5.41) is 13.1. The van der Waals surface area contributed by atoms with Crippen molar-refractivity contribution in [2.24, 2.45) is 0 Å². The molecule has 0 saturated carbocycles. The molecule has 3 aromatic rings. The molecule has 1 heterocycles. The Bertz CT molecular complexity index is 758. The van der Waals surface area contributed by atoms with Crippen molar-refractivity contribution in [1.82, 2.24) is 4.98 Å². The fourth-order valence-corrected chi connectivity index (χ4v) is 2.62. The molecule has 1 aromatic heterocycles. The number of pyridine rings is 1. The summed E-state index contributed by atoms with van der Waals surface area (Å²) < 4.78 is 5.17. The van der Waals surface area contributed by atoms with Crippen molar-refractivity contribution in [3.8, 4) is 5.75 Å². The van der Waals surface area contributed by atoms with Crippen molar-refractivity contribution in [3.63, 3.8) is 0 Å². The maximum absolute atomic E-state index is 11.1. The van der Waals surface area contributed by atoms with Crippen molar-refractivity contribution in [1.29, 1.82) is 0 Å². The minimum Gasteiger partial charge on any atom is -0.497 e. The molecule has 0 aliphatic carbocycles. The van der Waals surface area contributed by atoms with E-state index in [0.717, 1.165) is 27.6 Å². The molecule has 1 N–H and O–H groups in total. The Labute approximate surface area is 123 Å². The Kier molecular flexibility index (Phi) is 3.35. The van der Waals surface area contributed by atoms with Crippen LogP contribution in [0.15, 0.2) is 60.9 Å². The maximum atomic E-state index is 11.1. The SMILES string of the molecule is COc1ccc(C(C)(O)c2cccc3cnccc23)cc1. The van der Waals surface area contributed by atoms with E-state index >= 15 is 0 Å². The first-order chi connectivity index (χ1) is 10.1. The standard InChI is InChI=1S/C18H17NO2/c1-18(20,14-6-8-15(21-2)9-7-14)17-5-3-4-13-12-19-11-10-16(13)17/h3-12,20H,1-2H3. The first kappa shape index (κ1) is 13.6. The number of fused-ring (bicyclic) bond motifs is 1. The van der Waals surface area contributed by atoms with Crippen molar-refractivity contribution in [3.05, 3.63) is 72.1 Å². The third kappa shape index (κ3) is 2.36. The van der Waals surface area contributed by atoms with Crippen molar-refractivity contribution < 1.29 is 9.84 Å². The van der Waals surface area contributed by atoms with Gasteiger partial charge in [0.05, 0.1) is 7.11 Å². The molecule has 0 amide bonds. The molecule has 0 saturated heterocycles. The van der Waals surface area contributed by atoms with E-state index in [9.17, 15) is 5.11 Å². The number of benzene rings is 2. The Hall–Kier alpha value is -2.39. The number of methoxy groups -OCH3 is 1. The van der Waals surface area contributed by atoms with E-state index in [2.05, 4.69) is 4.98 Å². The van der Waals surface area contributed by atoms with Crippen LogP contribution in [-0.4, -0.2) is 17.2 Å². The van der Waals surface area contributed by atoms with Gasteiger partial charge in [0.1, 0.15) is 11.4 Å². The normalized spacial score (nSPS) is 13.9. The van der Waals surface area contributed by atoms with Crippen molar-refractivity contribution in [2.75, 3.05) is 7.11 Å². The van der Waals surface area contributed by atoms with Gasteiger partial charge in [-0.05, 0) is 41.6 Å². The number of aliphatic hydroxyl groups is 1. The summed E-state index contributed by atoms with van der Waals surface area (Å²) in [6, 6.07) is 15.3. The van der Waals surface area contributed by atoms with Gasteiger partial charge < -0.3 is 9.84 Å². The van der Waals surface area contributed by atoms with Gasteiger partial charge in [-0.25, -0.2) is 0 Å². The lowest BCUT2D eigenvalue weighted by Crippen LogP contribution is -2.23. The van der Waals surface area contributed by atoms with Crippen LogP contribution in [0.1, 0.15) is 18.1 Å². The topological polar surface area (TPSA) is 42.4 Å². The van der Waals surface area contributed by atoms with Gasteiger partial charge in [-0.2, -0.15) is 0 Å². The van der Waals surface area contributed by atoms with Gasteiger partial charge in [-0.15, -0.1) is 0 Å². The first-order valence-corrected chi connectivity index (χ1v) is 6.83. The number of aromatic nitrogens is 1. The molecule has 0 aliphatic heterocycles. The van der Waals surface area contributed by atoms with Crippen LogP contribution < -0.4 is 4.74 Å². The molecule has 2 aromatic carbocycles. The van der Waals surface area contributed by atoms with E-state index in [1.165, 1.54) is 0 Å². The zero-order valence-electron chi connectivity index (χ0n) is 12.1. The zero-order valence-corrected chi connectivity index (χ0v) is 12.1. The Balaban J connectivity index is 2.14. The quantitative estimate of drug-likeness (QED) is 0.798. The molecule has 0 spiro atoms. The van der Waals surface area contributed by atoms with Gasteiger partial charge in [-0.3, -0.25) is 4.98 Å². The fraction of sp³-hybridized carbons (Fsp3) is 0.167. The molecule has 3 rings (SSSR count). The molecule has 0 bridgehead atoms. The van der Waals surface area contributed by atoms with Gasteiger partial charge in [0.2, 0.25) is 0 Å². The summed E-state index contributed by atoms with van der Waals surface area (Å²) in [5.41, 5.74) is 0.618. The van der Waals surface area contributed by atoms with Crippen LogP contribution in [0.4, 0.5) is 0 Å². The average Bonchev–Trinajstić information content (AvgIpc) is 2.54. The molecule has 3 nitrogen and oxygen atoms in total. The Morgan fingerprint density at radius 1 is 1.05 bits per heavy atom. The lowest BCUT2D eigenvalue weighted by atomic mass is 9.85. The second kappa shape index (κ2) is 5.19. The molecule has 3 heteroatoms. The van der Waals surface area contributed by atoms with E-state index in [4.69, 9.17) is 4.74 Å². The van der Waals surface area contributed by atoms with E-state index in [1.807, 2.05) is 61.7 Å². The monoisotopic (exact) mass is 279 g/mol. The molecule has 1 unspecified atom stereocenters. The zero-order chi connectivity index (χ0) is 14.9. The minimum absolute atomic E-state index is 0.775. The largest absolute Gasteiger partial charge is 0.497 e. The van der Waals surface area contributed by atoms with Crippen molar-refractivity contribution in [2.45, 2.75) is 12.5 Å². The molecule has 21 heavy (non-hydrogen) atoms. The number of ether oxygens (including phenoxy) is 1. The number of hydrogen-bond donors (Lipinski definition) is 1. The van der Waals surface area contributed by atoms with Crippen LogP contribution in [-0.2, 0) is 5.60 Å². The van der Waals surface area contributed by atoms with Crippen LogP contribution in [0, 0.1) is 0 Å². The van der Waals surface area contributed by atoms with Gasteiger partial charge in [0, 0.05) is 17.8 Å². The van der Waals surface area contributed by atoms with E-state index in [-0.39, 0.29) is 0 Å². The van der Waals surface area contributed by atoms with Crippen molar-refractivity contribution >= 4 is 10.8 Å². The number of nitrogens with zero attached hydrogens (tertiary/aromatic N) is 1. The lowest BCUT2D eigenvalue weighted by molar-refractivity contribution is 0.104. The summed E-state index contributed by atoms with van der Waals surface area (Å²) in [6.45, 7) is 1.81. The van der Waals surface area contributed by atoms with Crippen LogP contribution in [0.3, 0.4) is 0 Å². The van der Waals surface area contributed by atoms with E-state index < -0.39 is 5.60 Å². The molecule has 0 fully saturated rings. The summed E-state index contributed by atoms with van der Waals surface area (Å²) in [5.74, 6) is 0.775. The second-order valence-electron chi connectivity index (χ2n) is 5.20. The molecular formula is C18H17NO2. The maximum Gasteiger partial charge on any atom is 0.118 e. The third-order valence-electron chi connectivity index (χ3n) is 3.86. The molecule has 1 atom stereocenters. The fourth-order valence-electron chi connectivity index (χ4n) is 2.62. The Morgan fingerprint density at radius 3 is 2.52 bits per heavy atom. The van der Waals surface area contributed by atoms with Gasteiger partial charge in [0.15, 0.2) is 0 Å². The van der Waals surface area contributed by atoms with Crippen LogP contribution in [0.5, 0.6) is 5.75 Å². The lowest BCUT2D eigenvalue weighted by Gasteiger charge is -2.26. The minimum atomic E-state index is -1.08. The van der Waals surface area contributed by atoms with E-state index in [0.29, 0.717) is 0 Å². The van der Waals surface area contributed by atoms with E-state index in [1.54, 1.807) is 13.3 Å². The van der Waals surface area contributed by atoms with Gasteiger partial charge in [-0.1, -0.05) is 30.3 Å². The highest BCUT2D eigenvalue weighted by Gasteiger charge is 2.27. The third-order valence-corrected chi connectivity index (χ3v) is 3.86. The molecular weight excluding hydrogens is 262 g/mol. The second-order valence-corrected chi connectivity index (χ2v) is 5.20. The predicted octanol–water partition coefficient (Wildman–Crippen LogP) is 3.50. The molecule has 106 valence electrons. The highest BCUT2D eigenvalue weighted by molar-refractivity contribution is 5.86. The first-order valence-electron chi connectivity index (χ1n) is 6.83. The average molecular weight is 279 g/mol.